The molecular weight excluding hydrogens is 301 g/mol. The quantitative estimate of drug-likeness (QED) is 0.751. The second-order valence-corrected chi connectivity index (χ2v) is 5.91. The van der Waals surface area contributed by atoms with Crippen molar-refractivity contribution in [1.29, 1.82) is 0 Å². The lowest BCUT2D eigenvalue weighted by atomic mass is 9.91. The zero-order valence-electron chi connectivity index (χ0n) is 12.3. The zero-order valence-corrected chi connectivity index (χ0v) is 13.9. The molecule has 112 valence electrons. The summed E-state index contributed by atoms with van der Waals surface area (Å²) in [6.45, 7) is 5.70. The molecule has 1 aliphatic heterocycles. The summed E-state index contributed by atoms with van der Waals surface area (Å²) in [6.07, 6.45) is 2.38. The molecule has 0 N–H and O–H groups in total. The molecule has 0 atom stereocenters. The first-order chi connectivity index (χ1) is 9.78. The summed E-state index contributed by atoms with van der Waals surface area (Å²) in [4.78, 5) is 2.56. The molecule has 0 fully saturated rings. The Bertz CT molecular complexity index is 593. The number of benzene rings is 2. The number of fused-ring (bicyclic) bond motifs is 1. The molecule has 21 heavy (non-hydrogen) atoms. The van der Waals surface area contributed by atoms with Gasteiger partial charge in [-0.2, -0.15) is 0 Å². The number of nitrogens with zero attached hydrogens (tertiary/aromatic N) is 1. The maximum atomic E-state index is 6.00. The Balaban J connectivity index is 0.00000161. The lowest BCUT2D eigenvalue weighted by molar-refractivity contribution is 0.255. The average molecular weight is 322 g/mol. The van der Waals surface area contributed by atoms with Gasteiger partial charge in [0.2, 0.25) is 0 Å². The molecule has 0 saturated heterocycles. The van der Waals surface area contributed by atoms with E-state index in [-0.39, 0.29) is 12.4 Å². The van der Waals surface area contributed by atoms with E-state index in [0.717, 1.165) is 18.0 Å². The Morgan fingerprint density at radius 2 is 1.86 bits per heavy atom. The van der Waals surface area contributed by atoms with Gasteiger partial charge in [-0.1, -0.05) is 48.9 Å². The lowest BCUT2D eigenvalue weighted by Crippen LogP contribution is -2.31. The molecule has 0 aromatic heterocycles. The van der Waals surface area contributed by atoms with Crippen LogP contribution in [0.4, 0.5) is 0 Å². The van der Waals surface area contributed by atoms with Crippen molar-refractivity contribution in [3.8, 4) is 11.1 Å². The van der Waals surface area contributed by atoms with Gasteiger partial charge in [0.15, 0.2) is 0 Å². The molecule has 0 aliphatic carbocycles. The van der Waals surface area contributed by atoms with Crippen LogP contribution in [0, 0.1) is 0 Å². The van der Waals surface area contributed by atoms with Gasteiger partial charge >= 0.3 is 0 Å². The SMILES string of the molecule is CCCN1CCc2cccc(-c3ccc(Cl)cc3)c2C1.Cl. The van der Waals surface area contributed by atoms with Crippen LogP contribution in [-0.2, 0) is 13.0 Å². The number of hydrogen-bond donors (Lipinski definition) is 0. The third-order valence-corrected chi connectivity index (χ3v) is 4.30. The smallest absolute Gasteiger partial charge is 0.0406 e. The van der Waals surface area contributed by atoms with Gasteiger partial charge in [0, 0.05) is 18.1 Å². The minimum Gasteiger partial charge on any atom is -0.299 e. The van der Waals surface area contributed by atoms with Crippen molar-refractivity contribution in [1.82, 2.24) is 4.90 Å². The maximum absolute atomic E-state index is 6.00. The van der Waals surface area contributed by atoms with E-state index in [1.165, 1.54) is 41.8 Å². The molecule has 1 nitrogen and oxygen atoms in total. The minimum atomic E-state index is 0. The Morgan fingerprint density at radius 1 is 1.10 bits per heavy atom. The zero-order chi connectivity index (χ0) is 13.9. The Kier molecular flexibility index (Phi) is 5.69. The van der Waals surface area contributed by atoms with Crippen LogP contribution in [0.25, 0.3) is 11.1 Å². The molecule has 0 amide bonds. The number of rotatable bonds is 3. The normalized spacial score (nSPS) is 14.4. The largest absolute Gasteiger partial charge is 0.299 e. The number of halogens is 2. The fourth-order valence-electron chi connectivity index (χ4n) is 3.04. The van der Waals surface area contributed by atoms with Crippen LogP contribution in [0.5, 0.6) is 0 Å². The molecule has 0 spiro atoms. The van der Waals surface area contributed by atoms with E-state index in [1.807, 2.05) is 12.1 Å². The highest BCUT2D eigenvalue weighted by Gasteiger charge is 2.18. The van der Waals surface area contributed by atoms with Crippen LogP contribution < -0.4 is 0 Å². The molecular formula is C18H21Cl2N. The minimum absolute atomic E-state index is 0. The third-order valence-electron chi connectivity index (χ3n) is 4.05. The van der Waals surface area contributed by atoms with Crippen LogP contribution in [0.15, 0.2) is 42.5 Å². The lowest BCUT2D eigenvalue weighted by Gasteiger charge is -2.30. The highest BCUT2D eigenvalue weighted by atomic mass is 35.5. The van der Waals surface area contributed by atoms with Crippen molar-refractivity contribution >= 4 is 24.0 Å². The fraction of sp³-hybridized carbons (Fsp3) is 0.333. The second-order valence-electron chi connectivity index (χ2n) is 5.48. The van der Waals surface area contributed by atoms with E-state index in [1.54, 1.807) is 0 Å². The first-order valence-electron chi connectivity index (χ1n) is 7.37. The highest BCUT2D eigenvalue weighted by Crippen LogP contribution is 2.31. The Hall–Kier alpha value is -1.02. The summed E-state index contributed by atoms with van der Waals surface area (Å²) >= 11 is 6.00. The maximum Gasteiger partial charge on any atom is 0.0406 e. The highest BCUT2D eigenvalue weighted by molar-refractivity contribution is 6.30. The summed E-state index contributed by atoms with van der Waals surface area (Å²) < 4.78 is 0. The molecule has 3 heteroatoms. The molecule has 1 aliphatic rings. The monoisotopic (exact) mass is 321 g/mol. The molecule has 0 bridgehead atoms. The second kappa shape index (κ2) is 7.31. The molecule has 0 saturated carbocycles. The Morgan fingerprint density at radius 3 is 2.57 bits per heavy atom. The first-order valence-corrected chi connectivity index (χ1v) is 7.75. The molecule has 3 rings (SSSR count). The standard InChI is InChI=1S/C18H20ClN.ClH/c1-2-11-20-12-10-14-4-3-5-17(18(14)13-20)15-6-8-16(19)9-7-15;/h3-9H,2,10-13H2,1H3;1H. The van der Waals surface area contributed by atoms with Gasteiger partial charge in [-0.3, -0.25) is 4.90 Å². The third kappa shape index (κ3) is 3.60. The van der Waals surface area contributed by atoms with Gasteiger partial charge in [-0.05, 0) is 53.8 Å². The van der Waals surface area contributed by atoms with Crippen LogP contribution in [0.3, 0.4) is 0 Å². The van der Waals surface area contributed by atoms with E-state index in [0.29, 0.717) is 0 Å². The van der Waals surface area contributed by atoms with E-state index in [4.69, 9.17) is 11.6 Å². The summed E-state index contributed by atoms with van der Waals surface area (Å²) in [5, 5.41) is 0.797. The van der Waals surface area contributed by atoms with E-state index < -0.39 is 0 Å². The molecule has 0 unspecified atom stereocenters. The van der Waals surface area contributed by atoms with Crippen molar-refractivity contribution in [3.63, 3.8) is 0 Å². The van der Waals surface area contributed by atoms with Crippen molar-refractivity contribution in [3.05, 3.63) is 58.6 Å². The molecule has 2 aromatic rings. The van der Waals surface area contributed by atoms with Gasteiger partial charge in [-0.25, -0.2) is 0 Å². The van der Waals surface area contributed by atoms with Crippen LogP contribution in [0.1, 0.15) is 24.5 Å². The number of hydrogen-bond acceptors (Lipinski definition) is 1. The van der Waals surface area contributed by atoms with Gasteiger partial charge in [-0.15, -0.1) is 12.4 Å². The average Bonchev–Trinajstić information content (AvgIpc) is 2.48. The summed E-state index contributed by atoms with van der Waals surface area (Å²) in [5.41, 5.74) is 5.63. The summed E-state index contributed by atoms with van der Waals surface area (Å²) in [7, 11) is 0. The fourth-order valence-corrected chi connectivity index (χ4v) is 3.17. The predicted octanol–water partition coefficient (Wildman–Crippen LogP) is 5.20. The van der Waals surface area contributed by atoms with Crippen molar-refractivity contribution in [2.45, 2.75) is 26.3 Å². The van der Waals surface area contributed by atoms with Crippen LogP contribution in [-0.4, -0.2) is 18.0 Å². The predicted molar refractivity (Wildman–Crippen MR) is 93.4 cm³/mol. The van der Waals surface area contributed by atoms with E-state index in [9.17, 15) is 0 Å². The van der Waals surface area contributed by atoms with Crippen molar-refractivity contribution < 1.29 is 0 Å². The van der Waals surface area contributed by atoms with Crippen molar-refractivity contribution in [2.75, 3.05) is 13.1 Å². The molecule has 0 radical (unpaired) electrons. The molecule has 1 heterocycles. The summed E-state index contributed by atoms with van der Waals surface area (Å²) in [5.74, 6) is 0. The van der Waals surface area contributed by atoms with Crippen molar-refractivity contribution in [2.24, 2.45) is 0 Å². The van der Waals surface area contributed by atoms with E-state index >= 15 is 0 Å². The van der Waals surface area contributed by atoms with Gasteiger partial charge < -0.3 is 0 Å². The Labute approximate surface area is 138 Å². The van der Waals surface area contributed by atoms with Gasteiger partial charge in [0.25, 0.3) is 0 Å². The van der Waals surface area contributed by atoms with Gasteiger partial charge in [0.1, 0.15) is 0 Å². The topological polar surface area (TPSA) is 3.24 Å². The van der Waals surface area contributed by atoms with Crippen LogP contribution in [0.2, 0.25) is 5.02 Å². The van der Waals surface area contributed by atoms with Crippen LogP contribution >= 0.6 is 24.0 Å². The molecule has 2 aromatic carbocycles. The summed E-state index contributed by atoms with van der Waals surface area (Å²) in [6, 6.07) is 14.9. The van der Waals surface area contributed by atoms with Gasteiger partial charge in [0.05, 0.1) is 0 Å². The van der Waals surface area contributed by atoms with E-state index in [2.05, 4.69) is 42.2 Å². The first kappa shape index (κ1) is 16.4.